The number of fused-ring (bicyclic) bond motifs is 1. The smallest absolute Gasteiger partial charge is 0.254 e. The molecule has 0 N–H and O–H groups in total. The molecule has 0 aliphatic carbocycles. The Kier molecular flexibility index (Phi) is 5.37. The molecule has 3 heterocycles. The van der Waals surface area contributed by atoms with Gasteiger partial charge in [0.2, 0.25) is 0 Å². The molecule has 6 heteroatoms. The van der Waals surface area contributed by atoms with Crippen LogP contribution < -0.4 is 0 Å². The summed E-state index contributed by atoms with van der Waals surface area (Å²) in [5.41, 5.74) is 2.35. The second-order valence-electron chi connectivity index (χ2n) is 6.87. The highest BCUT2D eigenvalue weighted by Gasteiger charge is 2.27. The molecule has 136 valence electrons. The van der Waals surface area contributed by atoms with Crippen LogP contribution in [0.25, 0.3) is 11.0 Å². The van der Waals surface area contributed by atoms with Crippen LogP contribution in [0.3, 0.4) is 0 Å². The Balaban J connectivity index is 1.95. The molecule has 0 aromatic carbocycles. The van der Waals surface area contributed by atoms with Crippen LogP contribution >= 0.6 is 0 Å². The van der Waals surface area contributed by atoms with E-state index in [0.29, 0.717) is 18.7 Å². The van der Waals surface area contributed by atoms with Crippen LogP contribution in [0.4, 0.5) is 0 Å². The Labute approximate surface area is 149 Å². The first-order valence-corrected chi connectivity index (χ1v) is 9.30. The van der Waals surface area contributed by atoms with Crippen LogP contribution in [-0.4, -0.2) is 51.4 Å². The first kappa shape index (κ1) is 17.9. The number of carbonyl (C=O) groups is 1. The van der Waals surface area contributed by atoms with Gasteiger partial charge in [-0.05, 0) is 46.1 Å². The minimum Gasteiger partial charge on any atom is -0.377 e. The third kappa shape index (κ3) is 3.54. The van der Waals surface area contributed by atoms with Gasteiger partial charge in [-0.1, -0.05) is 6.92 Å². The van der Waals surface area contributed by atoms with Crippen molar-refractivity contribution >= 4 is 16.9 Å². The van der Waals surface area contributed by atoms with Gasteiger partial charge in [-0.2, -0.15) is 5.10 Å². The zero-order valence-electron chi connectivity index (χ0n) is 15.7. The van der Waals surface area contributed by atoms with Crippen LogP contribution in [0.5, 0.6) is 0 Å². The molecule has 6 nitrogen and oxygen atoms in total. The zero-order chi connectivity index (χ0) is 18.0. The fourth-order valence-electron chi connectivity index (χ4n) is 3.48. The summed E-state index contributed by atoms with van der Waals surface area (Å²) in [5, 5.41) is 5.34. The van der Waals surface area contributed by atoms with Gasteiger partial charge in [0.15, 0.2) is 5.65 Å². The van der Waals surface area contributed by atoms with Crippen molar-refractivity contribution < 1.29 is 9.53 Å². The number of aryl methyl sites for hydroxylation is 1. The summed E-state index contributed by atoms with van der Waals surface area (Å²) >= 11 is 0. The van der Waals surface area contributed by atoms with E-state index in [1.807, 2.05) is 29.5 Å². The number of ether oxygens (including phenoxy) is 1. The molecule has 3 rings (SSSR count). The number of likely N-dealkylation sites (tertiary alicyclic amines) is 1. The van der Waals surface area contributed by atoms with Gasteiger partial charge in [0.1, 0.15) is 0 Å². The molecule has 1 amide bonds. The molecule has 2 unspecified atom stereocenters. The number of pyridine rings is 1. The highest BCUT2D eigenvalue weighted by Crippen LogP contribution is 2.25. The Morgan fingerprint density at radius 3 is 2.96 bits per heavy atom. The lowest BCUT2D eigenvalue weighted by Gasteiger charge is -2.32. The molecule has 2 aromatic rings. The van der Waals surface area contributed by atoms with Crippen molar-refractivity contribution in [3.8, 4) is 0 Å². The van der Waals surface area contributed by atoms with Gasteiger partial charge < -0.3 is 9.64 Å². The predicted molar refractivity (Wildman–Crippen MR) is 97.8 cm³/mol. The first-order chi connectivity index (χ1) is 12.0. The van der Waals surface area contributed by atoms with Crippen molar-refractivity contribution in [2.75, 3.05) is 19.7 Å². The molecule has 0 saturated carbocycles. The monoisotopic (exact) mass is 344 g/mol. The molecule has 1 aliphatic heterocycles. The molecule has 1 saturated heterocycles. The number of amides is 1. The lowest BCUT2D eigenvalue weighted by Crippen LogP contribution is -2.43. The molecular weight excluding hydrogens is 316 g/mol. The summed E-state index contributed by atoms with van der Waals surface area (Å²) in [5.74, 6) is 0.0589. The maximum atomic E-state index is 13.2. The van der Waals surface area contributed by atoms with E-state index in [9.17, 15) is 4.79 Å². The van der Waals surface area contributed by atoms with E-state index in [-0.39, 0.29) is 18.1 Å². The van der Waals surface area contributed by atoms with Gasteiger partial charge in [0.25, 0.3) is 5.91 Å². The van der Waals surface area contributed by atoms with Crippen LogP contribution in [0, 0.1) is 6.92 Å². The number of piperidine rings is 1. The van der Waals surface area contributed by atoms with Gasteiger partial charge in [-0.15, -0.1) is 0 Å². The molecule has 0 radical (unpaired) electrons. The predicted octanol–water partition coefficient (Wildman–Crippen LogP) is 3.35. The maximum absolute atomic E-state index is 13.2. The van der Waals surface area contributed by atoms with E-state index in [4.69, 9.17) is 4.74 Å². The Hall–Kier alpha value is -1.95. The third-order valence-corrected chi connectivity index (χ3v) is 5.00. The van der Waals surface area contributed by atoms with Crippen molar-refractivity contribution in [1.29, 1.82) is 0 Å². The number of aromatic nitrogens is 3. The van der Waals surface area contributed by atoms with Crippen molar-refractivity contribution in [1.82, 2.24) is 19.7 Å². The van der Waals surface area contributed by atoms with E-state index in [0.717, 1.165) is 42.5 Å². The van der Waals surface area contributed by atoms with Crippen LogP contribution in [0.2, 0.25) is 0 Å². The van der Waals surface area contributed by atoms with Crippen LogP contribution in [0.1, 0.15) is 62.1 Å². The van der Waals surface area contributed by atoms with E-state index in [1.165, 1.54) is 0 Å². The molecule has 25 heavy (non-hydrogen) atoms. The van der Waals surface area contributed by atoms with Crippen LogP contribution in [-0.2, 0) is 4.74 Å². The summed E-state index contributed by atoms with van der Waals surface area (Å²) in [4.78, 5) is 19.7. The standard InChI is InChI=1S/C19H28N4O2/c1-5-14(4)23-18-17(11-20-23)16(10-13(3)21-18)19(24)22-9-7-8-15(12-22)25-6-2/h10-11,14-15H,5-9,12H2,1-4H3. The van der Waals surface area contributed by atoms with E-state index in [2.05, 4.69) is 23.9 Å². The summed E-state index contributed by atoms with van der Waals surface area (Å²) in [7, 11) is 0. The molecule has 2 aromatic heterocycles. The summed E-state index contributed by atoms with van der Waals surface area (Å²) in [6, 6.07) is 2.14. The molecule has 0 bridgehead atoms. The summed E-state index contributed by atoms with van der Waals surface area (Å²) in [6.07, 6.45) is 4.90. The Morgan fingerprint density at radius 2 is 2.24 bits per heavy atom. The van der Waals surface area contributed by atoms with Gasteiger partial charge in [0.05, 0.1) is 29.3 Å². The molecule has 0 spiro atoms. The van der Waals surface area contributed by atoms with Gasteiger partial charge in [-0.3, -0.25) is 4.79 Å². The highest BCUT2D eigenvalue weighted by atomic mass is 16.5. The molecular formula is C19H28N4O2. The van der Waals surface area contributed by atoms with Crippen molar-refractivity contribution in [3.05, 3.63) is 23.5 Å². The van der Waals surface area contributed by atoms with Gasteiger partial charge in [-0.25, -0.2) is 9.67 Å². The number of hydrogen-bond donors (Lipinski definition) is 0. The average molecular weight is 344 g/mol. The molecule has 1 fully saturated rings. The van der Waals surface area contributed by atoms with Crippen molar-refractivity contribution in [2.45, 2.75) is 59.1 Å². The topological polar surface area (TPSA) is 60.2 Å². The average Bonchev–Trinajstić information content (AvgIpc) is 3.04. The fourth-order valence-corrected chi connectivity index (χ4v) is 3.48. The van der Waals surface area contributed by atoms with E-state index < -0.39 is 0 Å². The number of rotatable bonds is 5. The second-order valence-corrected chi connectivity index (χ2v) is 6.87. The second kappa shape index (κ2) is 7.52. The summed E-state index contributed by atoms with van der Waals surface area (Å²) < 4.78 is 7.67. The van der Waals surface area contributed by atoms with Crippen molar-refractivity contribution in [2.24, 2.45) is 0 Å². The van der Waals surface area contributed by atoms with Gasteiger partial charge in [0, 0.05) is 25.4 Å². The maximum Gasteiger partial charge on any atom is 0.254 e. The Morgan fingerprint density at radius 1 is 1.44 bits per heavy atom. The SMILES string of the molecule is CCOC1CCCN(C(=O)c2cc(C)nc3c2cnn3C(C)CC)C1. The minimum atomic E-state index is 0.0589. The summed E-state index contributed by atoms with van der Waals surface area (Å²) in [6.45, 7) is 10.3. The van der Waals surface area contributed by atoms with Crippen LogP contribution in [0.15, 0.2) is 12.3 Å². The first-order valence-electron chi connectivity index (χ1n) is 9.30. The normalized spacial score (nSPS) is 19.4. The quantitative estimate of drug-likeness (QED) is 0.834. The minimum absolute atomic E-state index is 0.0589. The van der Waals surface area contributed by atoms with Crippen molar-refractivity contribution in [3.63, 3.8) is 0 Å². The van der Waals surface area contributed by atoms with Gasteiger partial charge >= 0.3 is 0 Å². The lowest BCUT2D eigenvalue weighted by molar-refractivity contribution is 0.00731. The number of carbonyl (C=O) groups excluding carboxylic acids is 1. The molecule has 1 aliphatic rings. The molecule has 2 atom stereocenters. The Bertz CT molecular complexity index is 753. The third-order valence-electron chi connectivity index (χ3n) is 5.00. The largest absolute Gasteiger partial charge is 0.377 e. The number of nitrogens with zero attached hydrogens (tertiary/aromatic N) is 4. The lowest BCUT2D eigenvalue weighted by atomic mass is 10.1. The zero-order valence-corrected chi connectivity index (χ0v) is 15.7. The van der Waals surface area contributed by atoms with E-state index >= 15 is 0 Å². The fraction of sp³-hybridized carbons (Fsp3) is 0.632. The highest BCUT2D eigenvalue weighted by molar-refractivity contribution is 6.05. The van der Waals surface area contributed by atoms with E-state index in [1.54, 1.807) is 6.20 Å². The number of hydrogen-bond acceptors (Lipinski definition) is 4.